The van der Waals surface area contributed by atoms with Gasteiger partial charge in [-0.3, -0.25) is 4.79 Å². The minimum absolute atomic E-state index is 0.146. The van der Waals surface area contributed by atoms with Crippen molar-refractivity contribution in [3.05, 3.63) is 60.8 Å². The first kappa shape index (κ1) is 20.9. The van der Waals surface area contributed by atoms with Crippen LogP contribution in [-0.4, -0.2) is 50.7 Å². The minimum atomic E-state index is -3.82. The lowest BCUT2D eigenvalue weighted by atomic mass is 10.0. The molecule has 2 N–H and O–H groups in total. The number of carbonyl (C=O) groups is 1. The number of pyridine rings is 1. The van der Waals surface area contributed by atoms with Gasteiger partial charge >= 0.3 is 5.57 Å². The maximum Gasteiger partial charge on any atom is 0.487 e. The van der Waals surface area contributed by atoms with E-state index in [9.17, 15) is 18.7 Å². The third kappa shape index (κ3) is 5.04. The molecule has 0 atom stereocenters. The highest BCUT2D eigenvalue weighted by atomic mass is 35.5. The van der Waals surface area contributed by atoms with E-state index >= 15 is 0 Å². The minimum Gasteiger partial charge on any atom is -0.420 e. The number of ether oxygens (including phenoxy) is 1. The Labute approximate surface area is 180 Å². The lowest BCUT2D eigenvalue weighted by Gasteiger charge is -2.38. The first-order valence-electron chi connectivity index (χ1n) is 9.14. The number of hydrogen-bond donors (Lipinski definition) is 2. The third-order valence-electron chi connectivity index (χ3n) is 4.51. The van der Waals surface area contributed by atoms with Gasteiger partial charge in [0.1, 0.15) is 17.9 Å². The van der Waals surface area contributed by atoms with Gasteiger partial charge in [0, 0.05) is 60.1 Å². The highest BCUT2D eigenvalue weighted by Crippen LogP contribution is 2.32. The molecule has 1 aliphatic rings. The Bertz CT molecular complexity index is 1070. The predicted octanol–water partition coefficient (Wildman–Crippen LogP) is 3.14. The van der Waals surface area contributed by atoms with Crippen LogP contribution in [0.25, 0.3) is 11.1 Å². The number of benzene rings is 1. The second-order valence-electron chi connectivity index (χ2n) is 6.81. The molecule has 1 aliphatic heterocycles. The van der Waals surface area contributed by atoms with E-state index in [1.165, 1.54) is 36.8 Å². The number of nitrogens with zero attached hydrogens (tertiary/aromatic N) is 4. The summed E-state index contributed by atoms with van der Waals surface area (Å²) >= 11 is 4.74. The molecular weight excluding hydrogens is 432 g/mol. The monoisotopic (exact) mass is 447 g/mol. The van der Waals surface area contributed by atoms with Crippen LogP contribution in [0, 0.1) is 0 Å². The summed E-state index contributed by atoms with van der Waals surface area (Å²) < 4.78 is 29.6. The zero-order valence-electron chi connectivity index (χ0n) is 15.9. The molecule has 31 heavy (non-hydrogen) atoms. The lowest BCUT2D eigenvalue weighted by Crippen LogP contribution is -2.51. The van der Waals surface area contributed by atoms with Crippen LogP contribution in [-0.2, 0) is 0 Å². The molecule has 8 nitrogen and oxygen atoms in total. The van der Waals surface area contributed by atoms with Crippen molar-refractivity contribution in [2.24, 2.45) is 0 Å². The normalized spacial score (nSPS) is 14.1. The number of rotatable bonds is 6. The van der Waals surface area contributed by atoms with Crippen LogP contribution in [0.5, 0.6) is 5.75 Å². The number of alkyl halides is 3. The van der Waals surface area contributed by atoms with Crippen LogP contribution in [0.2, 0.25) is 0 Å². The van der Waals surface area contributed by atoms with Crippen LogP contribution in [0.1, 0.15) is 10.4 Å². The summed E-state index contributed by atoms with van der Waals surface area (Å²) in [6.45, 7) is 0.879. The van der Waals surface area contributed by atoms with Gasteiger partial charge < -0.3 is 20.1 Å². The molecule has 11 heteroatoms. The van der Waals surface area contributed by atoms with Crippen molar-refractivity contribution < 1.29 is 23.4 Å². The van der Waals surface area contributed by atoms with Crippen LogP contribution >= 0.6 is 11.6 Å². The lowest BCUT2D eigenvalue weighted by molar-refractivity contribution is -0.0964. The summed E-state index contributed by atoms with van der Waals surface area (Å²) in [5.41, 5.74) is -1.86. The Kier molecular flexibility index (Phi) is 5.66. The van der Waals surface area contributed by atoms with Gasteiger partial charge in [0.2, 0.25) is 0 Å². The predicted molar refractivity (Wildman–Crippen MR) is 109 cm³/mol. The summed E-state index contributed by atoms with van der Waals surface area (Å²) in [5.74, 6) is 0.0180. The largest absolute Gasteiger partial charge is 0.487 e. The van der Waals surface area contributed by atoms with E-state index in [2.05, 4.69) is 25.0 Å². The van der Waals surface area contributed by atoms with Crippen LogP contribution in [0.15, 0.2) is 55.2 Å². The molecule has 0 radical (unpaired) electrons. The number of aliphatic hydroxyl groups excluding tert-OH is 1. The van der Waals surface area contributed by atoms with Crippen molar-refractivity contribution in [2.45, 2.75) is 11.7 Å². The maximum absolute atomic E-state index is 12.7. The van der Waals surface area contributed by atoms with Crippen LogP contribution in [0.4, 0.5) is 20.3 Å². The molecule has 0 saturated carbocycles. The van der Waals surface area contributed by atoms with Gasteiger partial charge in [-0.25, -0.2) is 15.0 Å². The molecule has 1 amide bonds. The highest BCUT2D eigenvalue weighted by molar-refractivity contribution is 6.20. The smallest absolute Gasteiger partial charge is 0.420 e. The molecule has 0 bridgehead atoms. The first-order chi connectivity index (χ1) is 14.8. The number of anilines is 2. The number of aromatic nitrogens is 3. The SMILES string of the molecule is O=C(Nc1ccc(OC(F)(F)Cl)cc1)c1cnc(N2CC(O)C2)c(-c2cncnc2)c1. The van der Waals surface area contributed by atoms with E-state index in [1.54, 1.807) is 18.5 Å². The molecule has 2 aromatic heterocycles. The first-order valence-corrected chi connectivity index (χ1v) is 9.52. The number of carbonyl (C=O) groups excluding carboxylic acids is 1. The number of aliphatic hydroxyl groups is 1. The topological polar surface area (TPSA) is 100 Å². The number of halogens is 3. The van der Waals surface area contributed by atoms with Crippen molar-refractivity contribution in [3.63, 3.8) is 0 Å². The maximum atomic E-state index is 12.7. The van der Waals surface area contributed by atoms with Crippen LogP contribution < -0.4 is 15.0 Å². The second-order valence-corrected chi connectivity index (χ2v) is 7.25. The molecule has 1 fully saturated rings. The van der Waals surface area contributed by atoms with Crippen LogP contribution in [0.3, 0.4) is 0 Å². The van der Waals surface area contributed by atoms with Gasteiger partial charge in [-0.05, 0) is 30.3 Å². The van der Waals surface area contributed by atoms with E-state index in [1.807, 2.05) is 4.90 Å². The van der Waals surface area contributed by atoms with E-state index in [4.69, 9.17) is 11.6 Å². The molecule has 0 unspecified atom stereocenters. The summed E-state index contributed by atoms with van der Waals surface area (Å²) in [5, 5.41) is 12.3. The standard InChI is InChI=1S/C20H16ClF2N5O3/c21-20(22,23)31-16-3-1-14(2-4-16)27-19(30)12-5-17(13-6-24-11-25-7-13)18(26-8-12)28-9-15(29)10-28/h1-8,11,15,29H,9-10H2,(H,27,30). The van der Waals surface area contributed by atoms with E-state index in [0.29, 0.717) is 35.7 Å². The van der Waals surface area contributed by atoms with Crippen molar-refractivity contribution in [2.75, 3.05) is 23.3 Å². The van der Waals surface area contributed by atoms with Gasteiger partial charge in [-0.2, -0.15) is 0 Å². The molecule has 0 aliphatic carbocycles. The summed E-state index contributed by atoms with van der Waals surface area (Å²) in [6.07, 6.45) is 5.62. The molecular formula is C20H16ClF2N5O3. The summed E-state index contributed by atoms with van der Waals surface area (Å²) in [7, 11) is 0. The molecule has 4 rings (SSSR count). The number of amides is 1. The third-order valence-corrected chi connectivity index (χ3v) is 4.59. The van der Waals surface area contributed by atoms with Crippen molar-refractivity contribution in [1.82, 2.24) is 15.0 Å². The fourth-order valence-electron chi connectivity index (χ4n) is 3.06. The van der Waals surface area contributed by atoms with Gasteiger partial charge in [0.05, 0.1) is 11.7 Å². The molecule has 1 saturated heterocycles. The van der Waals surface area contributed by atoms with E-state index in [-0.39, 0.29) is 11.3 Å². The Hall–Kier alpha value is -3.37. The average molecular weight is 448 g/mol. The Morgan fingerprint density at radius 3 is 2.48 bits per heavy atom. The zero-order chi connectivity index (χ0) is 22.0. The number of hydrogen-bond acceptors (Lipinski definition) is 7. The van der Waals surface area contributed by atoms with E-state index < -0.39 is 17.6 Å². The Morgan fingerprint density at radius 2 is 1.87 bits per heavy atom. The van der Waals surface area contributed by atoms with Crippen molar-refractivity contribution >= 4 is 29.0 Å². The number of β-amino-alcohol motifs (C(OH)–C–C–N with tert-alkyl or cyclic N) is 1. The number of nitrogens with one attached hydrogen (secondary N) is 1. The molecule has 0 spiro atoms. The Balaban J connectivity index is 1.56. The molecule has 3 aromatic rings. The molecule has 1 aromatic carbocycles. The fraction of sp³-hybridized carbons (Fsp3) is 0.200. The summed E-state index contributed by atoms with van der Waals surface area (Å²) in [4.78, 5) is 27.0. The van der Waals surface area contributed by atoms with Crippen molar-refractivity contribution in [1.29, 1.82) is 0 Å². The van der Waals surface area contributed by atoms with Gasteiger partial charge in [0.25, 0.3) is 5.91 Å². The fourth-order valence-corrected chi connectivity index (χ4v) is 3.14. The average Bonchev–Trinajstić information content (AvgIpc) is 2.72. The van der Waals surface area contributed by atoms with Gasteiger partial charge in [0.15, 0.2) is 0 Å². The molecule has 160 valence electrons. The zero-order valence-corrected chi connectivity index (χ0v) is 16.6. The molecule has 3 heterocycles. The highest BCUT2D eigenvalue weighted by Gasteiger charge is 2.29. The van der Waals surface area contributed by atoms with Gasteiger partial charge in [-0.1, -0.05) is 0 Å². The van der Waals surface area contributed by atoms with E-state index in [0.717, 1.165) is 0 Å². The van der Waals surface area contributed by atoms with Gasteiger partial charge in [-0.15, -0.1) is 8.78 Å². The summed E-state index contributed by atoms with van der Waals surface area (Å²) in [6, 6.07) is 6.99. The van der Waals surface area contributed by atoms with Crippen molar-refractivity contribution in [3.8, 4) is 16.9 Å². The quantitative estimate of drug-likeness (QED) is 0.560. The second kappa shape index (κ2) is 8.40. The Morgan fingerprint density at radius 1 is 1.19 bits per heavy atom.